The van der Waals surface area contributed by atoms with Gasteiger partial charge >= 0.3 is 0 Å². The molecule has 3 heterocycles. The average molecular weight is 402 g/mol. The highest BCUT2D eigenvalue weighted by atomic mass is 35.5. The summed E-state index contributed by atoms with van der Waals surface area (Å²) in [5, 5.41) is 9.25. The second kappa shape index (κ2) is 7.83. The minimum atomic E-state index is -0.544. The minimum absolute atomic E-state index is 0.00466. The van der Waals surface area contributed by atoms with Gasteiger partial charge in [-0.3, -0.25) is 9.48 Å². The van der Waals surface area contributed by atoms with Crippen molar-refractivity contribution in [1.82, 2.24) is 14.7 Å². The maximum Gasteiger partial charge on any atom is 0.267 e. The summed E-state index contributed by atoms with van der Waals surface area (Å²) in [7, 11) is 0. The van der Waals surface area contributed by atoms with E-state index in [9.17, 15) is 4.79 Å². The predicted octanol–water partition coefficient (Wildman–Crippen LogP) is 2.71. The first kappa shape index (κ1) is 18.8. The first-order chi connectivity index (χ1) is 13.6. The first-order valence-electron chi connectivity index (χ1n) is 9.61. The normalized spacial score (nSPS) is 19.5. The van der Waals surface area contributed by atoms with E-state index >= 15 is 0 Å². The fourth-order valence-corrected chi connectivity index (χ4v) is 3.96. The molecule has 0 aliphatic carbocycles. The highest BCUT2D eigenvalue weighted by Gasteiger charge is 2.34. The highest BCUT2D eigenvalue weighted by molar-refractivity contribution is 6.30. The van der Waals surface area contributed by atoms with Crippen LogP contribution in [0.5, 0.6) is 0 Å². The number of oxime groups is 1. The summed E-state index contributed by atoms with van der Waals surface area (Å²) in [6, 6.07) is 7.81. The Labute approximate surface area is 169 Å². The van der Waals surface area contributed by atoms with E-state index in [2.05, 4.69) is 15.2 Å². The molecule has 0 N–H and O–H groups in total. The second-order valence-corrected chi connectivity index (χ2v) is 7.52. The van der Waals surface area contributed by atoms with E-state index in [1.165, 1.54) is 0 Å². The SMILES string of the molecule is CCn1ncc(C2=NO[C@@H](C(=O)N3CCN(c4cccc(Cl)c4)CC3)C2)c1C. The van der Waals surface area contributed by atoms with Crippen molar-refractivity contribution in [3.05, 3.63) is 46.7 Å². The summed E-state index contributed by atoms with van der Waals surface area (Å²) in [6.07, 6.45) is 1.75. The van der Waals surface area contributed by atoms with Gasteiger partial charge in [-0.1, -0.05) is 22.8 Å². The Morgan fingerprint density at radius 1 is 1.29 bits per heavy atom. The maximum atomic E-state index is 12.9. The number of piperazine rings is 1. The number of aryl methyl sites for hydroxylation is 1. The van der Waals surface area contributed by atoms with Gasteiger partial charge in [0, 0.05) is 61.1 Å². The molecule has 1 saturated heterocycles. The Bertz CT molecular complexity index is 902. The second-order valence-electron chi connectivity index (χ2n) is 7.09. The number of rotatable bonds is 4. The summed E-state index contributed by atoms with van der Waals surface area (Å²) in [5.74, 6) is 0.00466. The summed E-state index contributed by atoms with van der Waals surface area (Å²) in [4.78, 5) is 22.5. The number of carbonyl (C=O) groups is 1. The molecule has 2 aromatic rings. The van der Waals surface area contributed by atoms with Gasteiger partial charge in [0.2, 0.25) is 6.10 Å². The van der Waals surface area contributed by atoms with Crippen molar-refractivity contribution in [3.8, 4) is 0 Å². The molecular weight excluding hydrogens is 378 g/mol. The summed E-state index contributed by atoms with van der Waals surface area (Å²) in [5.41, 5.74) is 3.90. The van der Waals surface area contributed by atoms with Gasteiger partial charge in [-0.05, 0) is 32.0 Å². The third-order valence-electron chi connectivity index (χ3n) is 5.42. The van der Waals surface area contributed by atoms with Crippen molar-refractivity contribution in [2.45, 2.75) is 32.9 Å². The van der Waals surface area contributed by atoms with E-state index in [1.54, 1.807) is 6.20 Å². The number of aromatic nitrogens is 2. The van der Waals surface area contributed by atoms with Crippen LogP contribution in [0.3, 0.4) is 0 Å². The molecule has 4 rings (SSSR count). The lowest BCUT2D eigenvalue weighted by Gasteiger charge is -2.36. The van der Waals surface area contributed by atoms with E-state index in [4.69, 9.17) is 16.4 Å². The lowest BCUT2D eigenvalue weighted by molar-refractivity contribution is -0.142. The molecule has 1 atom stereocenters. The predicted molar refractivity (Wildman–Crippen MR) is 109 cm³/mol. The van der Waals surface area contributed by atoms with Crippen LogP contribution in [0.2, 0.25) is 5.02 Å². The molecule has 0 saturated carbocycles. The zero-order chi connectivity index (χ0) is 19.7. The lowest BCUT2D eigenvalue weighted by Crippen LogP contribution is -2.51. The average Bonchev–Trinajstić information content (AvgIpc) is 3.34. The Hall–Kier alpha value is -2.54. The van der Waals surface area contributed by atoms with Gasteiger partial charge in [-0.2, -0.15) is 5.10 Å². The molecule has 8 heteroatoms. The van der Waals surface area contributed by atoms with Gasteiger partial charge in [0.15, 0.2) is 0 Å². The van der Waals surface area contributed by atoms with E-state index in [1.807, 2.05) is 47.7 Å². The standard InChI is InChI=1S/C20H24ClN5O2/c1-3-26-14(2)17(13-22-26)18-12-19(28-23-18)20(27)25-9-7-24(8-10-25)16-6-4-5-15(21)11-16/h4-6,11,13,19H,3,7-10,12H2,1-2H3/t19-/m1/s1. The molecule has 2 aliphatic heterocycles. The molecule has 1 amide bonds. The molecule has 0 unspecified atom stereocenters. The summed E-state index contributed by atoms with van der Waals surface area (Å²) < 4.78 is 1.92. The van der Waals surface area contributed by atoms with Crippen molar-refractivity contribution in [2.75, 3.05) is 31.1 Å². The fraction of sp³-hybridized carbons (Fsp3) is 0.450. The number of benzene rings is 1. The van der Waals surface area contributed by atoms with Crippen molar-refractivity contribution >= 4 is 28.9 Å². The van der Waals surface area contributed by atoms with Gasteiger partial charge in [-0.15, -0.1) is 0 Å². The van der Waals surface area contributed by atoms with Crippen LogP contribution >= 0.6 is 11.6 Å². The molecule has 0 radical (unpaired) electrons. The number of hydrogen-bond donors (Lipinski definition) is 0. The van der Waals surface area contributed by atoms with Crippen LogP contribution in [0, 0.1) is 6.92 Å². The van der Waals surface area contributed by atoms with Crippen molar-refractivity contribution < 1.29 is 9.63 Å². The van der Waals surface area contributed by atoms with Crippen LogP contribution in [0.1, 0.15) is 24.6 Å². The van der Waals surface area contributed by atoms with Crippen molar-refractivity contribution in [2.24, 2.45) is 5.16 Å². The molecule has 1 fully saturated rings. The van der Waals surface area contributed by atoms with Gasteiger partial charge in [0.25, 0.3) is 5.91 Å². The van der Waals surface area contributed by atoms with Gasteiger partial charge in [-0.25, -0.2) is 0 Å². The quantitative estimate of drug-likeness (QED) is 0.790. The molecule has 7 nitrogen and oxygen atoms in total. The number of anilines is 1. The maximum absolute atomic E-state index is 12.9. The first-order valence-corrected chi connectivity index (χ1v) is 9.99. The Morgan fingerprint density at radius 3 is 2.75 bits per heavy atom. The molecule has 1 aromatic carbocycles. The Morgan fingerprint density at radius 2 is 2.07 bits per heavy atom. The number of amides is 1. The molecule has 148 valence electrons. The lowest BCUT2D eigenvalue weighted by atomic mass is 10.0. The molecule has 0 spiro atoms. The summed E-state index contributed by atoms with van der Waals surface area (Å²) >= 11 is 6.09. The molecular formula is C20H24ClN5O2. The van der Waals surface area contributed by atoms with Crippen molar-refractivity contribution in [1.29, 1.82) is 0 Å². The largest absolute Gasteiger partial charge is 0.382 e. The van der Waals surface area contributed by atoms with Crippen LogP contribution in [0.15, 0.2) is 35.6 Å². The topological polar surface area (TPSA) is 63.0 Å². The smallest absolute Gasteiger partial charge is 0.267 e. The monoisotopic (exact) mass is 401 g/mol. The third-order valence-corrected chi connectivity index (χ3v) is 5.66. The van der Waals surface area contributed by atoms with E-state index in [-0.39, 0.29) is 5.91 Å². The zero-order valence-electron chi connectivity index (χ0n) is 16.1. The van der Waals surface area contributed by atoms with Crippen LogP contribution in [0.25, 0.3) is 0 Å². The Kier molecular flexibility index (Phi) is 5.26. The number of halogens is 1. The van der Waals surface area contributed by atoms with E-state index < -0.39 is 6.10 Å². The zero-order valence-corrected chi connectivity index (χ0v) is 16.9. The van der Waals surface area contributed by atoms with Crippen LogP contribution in [-0.2, 0) is 16.2 Å². The van der Waals surface area contributed by atoms with Gasteiger partial charge in [0.1, 0.15) is 0 Å². The van der Waals surface area contributed by atoms with Crippen LogP contribution in [-0.4, -0.2) is 58.6 Å². The summed E-state index contributed by atoms with van der Waals surface area (Å²) in [6.45, 7) is 7.73. The number of nitrogens with zero attached hydrogens (tertiary/aromatic N) is 5. The highest BCUT2D eigenvalue weighted by Crippen LogP contribution is 2.23. The minimum Gasteiger partial charge on any atom is -0.382 e. The van der Waals surface area contributed by atoms with Gasteiger partial charge in [0.05, 0.1) is 11.9 Å². The van der Waals surface area contributed by atoms with Gasteiger partial charge < -0.3 is 14.6 Å². The molecule has 2 aliphatic rings. The number of carbonyl (C=O) groups excluding carboxylic acids is 1. The number of hydrogen-bond acceptors (Lipinski definition) is 5. The Balaban J connectivity index is 1.34. The molecule has 1 aromatic heterocycles. The fourth-order valence-electron chi connectivity index (χ4n) is 3.78. The van der Waals surface area contributed by atoms with Crippen molar-refractivity contribution in [3.63, 3.8) is 0 Å². The van der Waals surface area contributed by atoms with E-state index in [0.29, 0.717) is 19.5 Å². The van der Waals surface area contributed by atoms with Crippen LogP contribution in [0.4, 0.5) is 5.69 Å². The third kappa shape index (κ3) is 3.58. The van der Waals surface area contributed by atoms with E-state index in [0.717, 1.165) is 47.3 Å². The van der Waals surface area contributed by atoms with Crippen LogP contribution < -0.4 is 4.90 Å². The molecule has 0 bridgehead atoms. The molecule has 28 heavy (non-hydrogen) atoms.